The van der Waals surface area contributed by atoms with E-state index in [4.69, 9.17) is 0 Å². The molecule has 0 spiro atoms. The Kier molecular flexibility index (Phi) is 2.17. The first-order chi connectivity index (χ1) is 5.79. The van der Waals surface area contributed by atoms with Crippen LogP contribution in [-0.4, -0.2) is 5.78 Å². The third-order valence-electron chi connectivity index (χ3n) is 2.35. The van der Waals surface area contributed by atoms with Gasteiger partial charge in [-0.25, -0.2) is 0 Å². The zero-order valence-corrected chi connectivity index (χ0v) is 8.74. The SMILES string of the molecule is O=C1CCC1c1ccccc1I. The zero-order chi connectivity index (χ0) is 8.55. The van der Waals surface area contributed by atoms with Gasteiger partial charge < -0.3 is 0 Å². The fourth-order valence-electron chi connectivity index (χ4n) is 1.49. The molecule has 1 aromatic carbocycles. The van der Waals surface area contributed by atoms with Crippen LogP contribution in [0.2, 0.25) is 0 Å². The smallest absolute Gasteiger partial charge is 0.140 e. The van der Waals surface area contributed by atoms with Gasteiger partial charge in [0, 0.05) is 15.9 Å². The molecular weight excluding hydrogens is 263 g/mol. The van der Waals surface area contributed by atoms with E-state index in [0.29, 0.717) is 5.78 Å². The van der Waals surface area contributed by atoms with E-state index in [1.54, 1.807) is 0 Å². The number of Topliss-reactive ketones (excluding diaryl/α,β-unsaturated/α-hetero) is 1. The van der Waals surface area contributed by atoms with Gasteiger partial charge in [-0.2, -0.15) is 0 Å². The molecule has 0 N–H and O–H groups in total. The number of carbonyl (C=O) groups excluding carboxylic acids is 1. The maximum Gasteiger partial charge on any atom is 0.140 e. The van der Waals surface area contributed by atoms with E-state index in [0.717, 1.165) is 12.8 Å². The van der Waals surface area contributed by atoms with Gasteiger partial charge >= 0.3 is 0 Å². The molecule has 0 saturated heterocycles. The van der Waals surface area contributed by atoms with E-state index in [2.05, 4.69) is 34.7 Å². The molecule has 12 heavy (non-hydrogen) atoms. The summed E-state index contributed by atoms with van der Waals surface area (Å²) in [5, 5.41) is 0. The summed E-state index contributed by atoms with van der Waals surface area (Å²) in [6.07, 6.45) is 1.81. The number of benzene rings is 1. The van der Waals surface area contributed by atoms with E-state index in [1.165, 1.54) is 9.13 Å². The van der Waals surface area contributed by atoms with Crippen molar-refractivity contribution in [3.63, 3.8) is 0 Å². The summed E-state index contributed by atoms with van der Waals surface area (Å²) in [4.78, 5) is 11.2. The van der Waals surface area contributed by atoms with Crippen LogP contribution in [0.1, 0.15) is 24.3 Å². The van der Waals surface area contributed by atoms with E-state index < -0.39 is 0 Å². The topological polar surface area (TPSA) is 17.1 Å². The monoisotopic (exact) mass is 272 g/mol. The normalized spacial score (nSPS) is 22.1. The Bertz CT molecular complexity index is 319. The predicted molar refractivity (Wildman–Crippen MR) is 56.1 cm³/mol. The van der Waals surface area contributed by atoms with Crippen molar-refractivity contribution >= 4 is 28.4 Å². The molecule has 1 aliphatic rings. The third kappa shape index (κ3) is 1.28. The van der Waals surface area contributed by atoms with E-state index in [-0.39, 0.29) is 5.92 Å². The highest BCUT2D eigenvalue weighted by Gasteiger charge is 2.30. The van der Waals surface area contributed by atoms with Gasteiger partial charge in [0.15, 0.2) is 0 Å². The van der Waals surface area contributed by atoms with Gasteiger partial charge in [0.2, 0.25) is 0 Å². The molecule has 62 valence electrons. The Labute approximate surface area is 85.3 Å². The summed E-state index contributed by atoms with van der Waals surface area (Å²) >= 11 is 2.29. The van der Waals surface area contributed by atoms with Crippen molar-refractivity contribution in [1.82, 2.24) is 0 Å². The van der Waals surface area contributed by atoms with Crippen LogP contribution in [0.15, 0.2) is 24.3 Å². The van der Waals surface area contributed by atoms with Crippen LogP contribution in [0.5, 0.6) is 0 Å². The van der Waals surface area contributed by atoms with Crippen molar-refractivity contribution in [3.8, 4) is 0 Å². The summed E-state index contributed by atoms with van der Waals surface area (Å²) < 4.78 is 1.22. The standard InChI is InChI=1S/C10H9IO/c11-9-4-2-1-3-7(9)8-5-6-10(8)12/h1-4,8H,5-6H2. The number of rotatable bonds is 1. The molecule has 1 fully saturated rings. The van der Waals surface area contributed by atoms with Crippen molar-refractivity contribution in [2.75, 3.05) is 0 Å². The molecule has 2 heteroatoms. The fraction of sp³-hybridized carbons (Fsp3) is 0.300. The fourth-order valence-corrected chi connectivity index (χ4v) is 2.26. The van der Waals surface area contributed by atoms with Gasteiger partial charge in [0.05, 0.1) is 0 Å². The molecule has 0 aromatic heterocycles. The molecule has 1 aromatic rings. The number of ketones is 1. The minimum Gasteiger partial charge on any atom is -0.299 e. The highest BCUT2D eigenvalue weighted by molar-refractivity contribution is 14.1. The number of halogens is 1. The van der Waals surface area contributed by atoms with Crippen LogP contribution in [-0.2, 0) is 4.79 Å². The first kappa shape index (κ1) is 8.23. The molecule has 0 amide bonds. The second-order valence-corrected chi connectivity index (χ2v) is 4.24. The van der Waals surface area contributed by atoms with Gasteiger partial charge in [-0.1, -0.05) is 18.2 Å². The molecule has 2 rings (SSSR count). The highest BCUT2D eigenvalue weighted by Crippen LogP contribution is 2.35. The first-order valence-corrected chi connectivity index (χ1v) is 5.14. The third-order valence-corrected chi connectivity index (χ3v) is 3.33. The quantitative estimate of drug-likeness (QED) is 0.718. The van der Waals surface area contributed by atoms with Crippen LogP contribution in [0.3, 0.4) is 0 Å². The lowest BCUT2D eigenvalue weighted by atomic mass is 9.79. The average molecular weight is 272 g/mol. The molecular formula is C10H9IO. The predicted octanol–water partition coefficient (Wildman–Crippen LogP) is 2.74. The largest absolute Gasteiger partial charge is 0.299 e. The number of hydrogen-bond acceptors (Lipinski definition) is 1. The molecule has 1 unspecified atom stereocenters. The van der Waals surface area contributed by atoms with Crippen LogP contribution in [0.25, 0.3) is 0 Å². The Morgan fingerprint density at radius 3 is 2.58 bits per heavy atom. The van der Waals surface area contributed by atoms with Gasteiger partial charge in [0.25, 0.3) is 0 Å². The molecule has 1 aliphatic carbocycles. The lowest BCUT2D eigenvalue weighted by Crippen LogP contribution is -2.23. The zero-order valence-electron chi connectivity index (χ0n) is 6.59. The first-order valence-electron chi connectivity index (χ1n) is 4.06. The van der Waals surface area contributed by atoms with Crippen molar-refractivity contribution in [2.45, 2.75) is 18.8 Å². The maximum absolute atomic E-state index is 11.2. The van der Waals surface area contributed by atoms with Crippen molar-refractivity contribution in [2.24, 2.45) is 0 Å². The van der Waals surface area contributed by atoms with Gasteiger partial charge in [-0.05, 0) is 40.6 Å². The lowest BCUT2D eigenvalue weighted by Gasteiger charge is -2.24. The van der Waals surface area contributed by atoms with E-state index >= 15 is 0 Å². The number of carbonyl (C=O) groups is 1. The summed E-state index contributed by atoms with van der Waals surface area (Å²) in [5.74, 6) is 0.609. The second kappa shape index (κ2) is 3.17. The van der Waals surface area contributed by atoms with Gasteiger partial charge in [-0.3, -0.25) is 4.79 Å². The average Bonchev–Trinajstić information content (AvgIpc) is 2.06. The summed E-state index contributed by atoms with van der Waals surface area (Å²) in [6, 6.07) is 8.13. The lowest BCUT2D eigenvalue weighted by molar-refractivity contribution is -0.125. The molecule has 1 atom stereocenters. The van der Waals surface area contributed by atoms with Gasteiger partial charge in [-0.15, -0.1) is 0 Å². The molecule has 1 saturated carbocycles. The second-order valence-electron chi connectivity index (χ2n) is 3.08. The molecule has 0 bridgehead atoms. The molecule has 0 aliphatic heterocycles. The van der Waals surface area contributed by atoms with Crippen molar-refractivity contribution in [3.05, 3.63) is 33.4 Å². The Morgan fingerprint density at radius 1 is 1.33 bits per heavy atom. The Hall–Kier alpha value is -0.380. The molecule has 1 nitrogen and oxygen atoms in total. The van der Waals surface area contributed by atoms with Gasteiger partial charge in [0.1, 0.15) is 5.78 Å². The van der Waals surface area contributed by atoms with E-state index in [1.807, 2.05) is 12.1 Å². The van der Waals surface area contributed by atoms with Crippen LogP contribution < -0.4 is 0 Å². The van der Waals surface area contributed by atoms with Crippen molar-refractivity contribution in [1.29, 1.82) is 0 Å². The van der Waals surface area contributed by atoms with Crippen molar-refractivity contribution < 1.29 is 4.79 Å². The molecule has 0 radical (unpaired) electrons. The Balaban J connectivity index is 2.33. The highest BCUT2D eigenvalue weighted by atomic mass is 127. The van der Waals surface area contributed by atoms with Crippen LogP contribution in [0.4, 0.5) is 0 Å². The summed E-state index contributed by atoms with van der Waals surface area (Å²) in [7, 11) is 0. The number of hydrogen-bond donors (Lipinski definition) is 0. The minimum absolute atomic E-state index is 0.207. The summed E-state index contributed by atoms with van der Waals surface area (Å²) in [5.41, 5.74) is 1.22. The minimum atomic E-state index is 0.207. The maximum atomic E-state index is 11.2. The van der Waals surface area contributed by atoms with Crippen LogP contribution in [0, 0.1) is 3.57 Å². The summed E-state index contributed by atoms with van der Waals surface area (Å²) in [6.45, 7) is 0. The molecule has 0 heterocycles. The van der Waals surface area contributed by atoms with Crippen LogP contribution >= 0.6 is 22.6 Å². The van der Waals surface area contributed by atoms with E-state index in [9.17, 15) is 4.79 Å². The Morgan fingerprint density at radius 2 is 2.08 bits per heavy atom.